The molecule has 0 radical (unpaired) electrons. The Labute approximate surface area is 221 Å². The van der Waals surface area contributed by atoms with Crippen LogP contribution in [0.5, 0.6) is 0 Å². The van der Waals surface area contributed by atoms with E-state index in [4.69, 9.17) is 11.6 Å². The predicted octanol–water partition coefficient (Wildman–Crippen LogP) is 9.42. The van der Waals surface area contributed by atoms with E-state index < -0.39 is 23.6 Å². The molecule has 1 N–H and O–H groups in total. The van der Waals surface area contributed by atoms with Crippen molar-refractivity contribution in [2.75, 3.05) is 11.4 Å². The highest BCUT2D eigenvalue weighted by Gasteiger charge is 2.30. The number of rotatable bonds is 10. The second-order valence-electron chi connectivity index (χ2n) is 10.2. The average Bonchev–Trinajstić information content (AvgIpc) is 2.81. The standard InChI is InChI=1S/C30H33ClF3NO2/c1-19(2)12-13-35(26-7-5-6-25(31)18-26)27-16-22(21-8-10-24(11-9-21)30(32,33)34)15-23(17-27)28(29(36)37)14-20(3)4/h5-11,15-20,28H,12-14H2,1-4H3,(H,36,37). The van der Waals surface area contributed by atoms with E-state index in [1.807, 2.05) is 44.2 Å². The lowest BCUT2D eigenvalue weighted by atomic mass is 9.88. The molecule has 198 valence electrons. The van der Waals surface area contributed by atoms with Crippen LogP contribution >= 0.6 is 11.6 Å². The fraction of sp³-hybridized carbons (Fsp3) is 0.367. The largest absolute Gasteiger partial charge is 0.481 e. The molecule has 0 aliphatic carbocycles. The molecule has 0 saturated heterocycles. The van der Waals surface area contributed by atoms with Gasteiger partial charge in [0.25, 0.3) is 0 Å². The van der Waals surface area contributed by atoms with Crippen molar-refractivity contribution in [1.29, 1.82) is 0 Å². The minimum absolute atomic E-state index is 0.143. The van der Waals surface area contributed by atoms with Gasteiger partial charge in [-0.1, -0.05) is 63.6 Å². The molecule has 37 heavy (non-hydrogen) atoms. The van der Waals surface area contributed by atoms with Gasteiger partial charge in [-0.25, -0.2) is 0 Å². The molecule has 3 nitrogen and oxygen atoms in total. The summed E-state index contributed by atoms with van der Waals surface area (Å²) in [6.45, 7) is 8.86. The van der Waals surface area contributed by atoms with Crippen LogP contribution in [-0.2, 0) is 11.0 Å². The third-order valence-electron chi connectivity index (χ3n) is 6.25. The minimum atomic E-state index is -4.43. The molecule has 0 aliphatic rings. The number of carboxylic acid groups (broad SMARTS) is 1. The molecule has 0 amide bonds. The van der Waals surface area contributed by atoms with E-state index >= 15 is 0 Å². The summed E-state index contributed by atoms with van der Waals surface area (Å²) in [7, 11) is 0. The van der Waals surface area contributed by atoms with Gasteiger partial charge in [0.1, 0.15) is 0 Å². The first-order valence-electron chi connectivity index (χ1n) is 12.4. The predicted molar refractivity (Wildman–Crippen MR) is 145 cm³/mol. The van der Waals surface area contributed by atoms with Gasteiger partial charge in [-0.15, -0.1) is 0 Å². The molecule has 0 aliphatic heterocycles. The number of alkyl halides is 3. The number of carbonyl (C=O) groups is 1. The van der Waals surface area contributed by atoms with Crippen molar-refractivity contribution in [3.05, 3.63) is 82.9 Å². The Hall–Kier alpha value is -2.99. The molecule has 3 aromatic rings. The van der Waals surface area contributed by atoms with Crippen molar-refractivity contribution in [2.24, 2.45) is 11.8 Å². The zero-order chi connectivity index (χ0) is 27.3. The zero-order valence-corrected chi connectivity index (χ0v) is 22.3. The van der Waals surface area contributed by atoms with Crippen LogP contribution in [0.1, 0.15) is 57.6 Å². The summed E-state index contributed by atoms with van der Waals surface area (Å²) in [5.74, 6) is -1.11. The van der Waals surface area contributed by atoms with Gasteiger partial charge in [0.15, 0.2) is 0 Å². The van der Waals surface area contributed by atoms with Gasteiger partial charge in [-0.3, -0.25) is 4.79 Å². The van der Waals surface area contributed by atoms with Gasteiger partial charge in [0, 0.05) is 22.9 Å². The average molecular weight is 532 g/mol. The van der Waals surface area contributed by atoms with Crippen molar-refractivity contribution in [1.82, 2.24) is 0 Å². The number of hydrogen-bond donors (Lipinski definition) is 1. The van der Waals surface area contributed by atoms with Crippen LogP contribution in [0.25, 0.3) is 11.1 Å². The van der Waals surface area contributed by atoms with Crippen LogP contribution in [-0.4, -0.2) is 17.6 Å². The van der Waals surface area contributed by atoms with Gasteiger partial charge in [-0.2, -0.15) is 13.2 Å². The Kier molecular flexibility index (Phi) is 9.30. The first-order chi connectivity index (χ1) is 17.3. The highest BCUT2D eigenvalue weighted by Crippen LogP contribution is 2.37. The van der Waals surface area contributed by atoms with E-state index in [1.165, 1.54) is 12.1 Å². The van der Waals surface area contributed by atoms with Crippen LogP contribution in [0.15, 0.2) is 66.7 Å². The number of aliphatic carboxylic acids is 1. The summed E-state index contributed by atoms with van der Waals surface area (Å²) < 4.78 is 39.5. The van der Waals surface area contributed by atoms with Crippen molar-refractivity contribution in [3.8, 4) is 11.1 Å². The Morgan fingerprint density at radius 2 is 1.57 bits per heavy atom. The molecule has 1 atom stereocenters. The van der Waals surface area contributed by atoms with Crippen molar-refractivity contribution < 1.29 is 23.1 Å². The Morgan fingerprint density at radius 1 is 0.892 bits per heavy atom. The van der Waals surface area contributed by atoms with Crippen LogP contribution in [0.4, 0.5) is 24.5 Å². The van der Waals surface area contributed by atoms with E-state index in [-0.39, 0.29) is 5.92 Å². The lowest BCUT2D eigenvalue weighted by Gasteiger charge is -2.28. The van der Waals surface area contributed by atoms with E-state index in [0.29, 0.717) is 40.6 Å². The van der Waals surface area contributed by atoms with Crippen LogP contribution in [0.2, 0.25) is 5.02 Å². The zero-order valence-electron chi connectivity index (χ0n) is 21.5. The summed E-state index contributed by atoms with van der Waals surface area (Å²) in [6.07, 6.45) is -3.12. The number of hydrogen-bond acceptors (Lipinski definition) is 2. The highest BCUT2D eigenvalue weighted by molar-refractivity contribution is 6.30. The number of nitrogens with zero attached hydrogens (tertiary/aromatic N) is 1. The molecule has 0 heterocycles. The van der Waals surface area contributed by atoms with Crippen molar-refractivity contribution in [3.63, 3.8) is 0 Å². The topological polar surface area (TPSA) is 40.5 Å². The normalized spacial score (nSPS) is 12.7. The number of anilines is 2. The summed E-state index contributed by atoms with van der Waals surface area (Å²) in [6, 6.07) is 18.0. The lowest BCUT2D eigenvalue weighted by molar-refractivity contribution is -0.139. The van der Waals surface area contributed by atoms with Gasteiger partial charge >= 0.3 is 12.1 Å². The smallest absolute Gasteiger partial charge is 0.416 e. The SMILES string of the molecule is CC(C)CCN(c1cccc(Cl)c1)c1cc(-c2ccc(C(F)(F)F)cc2)cc(C(CC(C)C)C(=O)O)c1. The molecule has 0 aromatic heterocycles. The molecule has 3 aromatic carbocycles. The van der Waals surface area contributed by atoms with E-state index in [2.05, 4.69) is 18.7 Å². The number of benzene rings is 3. The minimum Gasteiger partial charge on any atom is -0.481 e. The fourth-order valence-corrected chi connectivity index (χ4v) is 4.48. The molecule has 3 rings (SSSR count). The Morgan fingerprint density at radius 3 is 2.11 bits per heavy atom. The fourth-order valence-electron chi connectivity index (χ4n) is 4.30. The third kappa shape index (κ3) is 7.75. The molecule has 0 saturated carbocycles. The molecule has 0 bridgehead atoms. The number of halogens is 4. The van der Waals surface area contributed by atoms with Gasteiger partial charge in [-0.05, 0) is 83.8 Å². The van der Waals surface area contributed by atoms with E-state index in [1.54, 1.807) is 12.1 Å². The maximum atomic E-state index is 13.2. The van der Waals surface area contributed by atoms with Crippen molar-refractivity contribution in [2.45, 2.75) is 52.6 Å². The van der Waals surface area contributed by atoms with Crippen LogP contribution in [0, 0.1) is 11.8 Å². The summed E-state index contributed by atoms with van der Waals surface area (Å²) >= 11 is 6.30. The molecular weight excluding hydrogens is 499 g/mol. The maximum Gasteiger partial charge on any atom is 0.416 e. The van der Waals surface area contributed by atoms with Crippen LogP contribution in [0.3, 0.4) is 0 Å². The molecule has 7 heteroatoms. The highest BCUT2D eigenvalue weighted by atomic mass is 35.5. The summed E-state index contributed by atoms with van der Waals surface area (Å²) in [5, 5.41) is 10.6. The Balaban J connectivity index is 2.20. The first kappa shape index (κ1) is 28.6. The molecule has 1 unspecified atom stereocenters. The number of carboxylic acids is 1. The van der Waals surface area contributed by atoms with Crippen LogP contribution < -0.4 is 4.90 Å². The third-order valence-corrected chi connectivity index (χ3v) is 6.49. The first-order valence-corrected chi connectivity index (χ1v) is 12.8. The van der Waals surface area contributed by atoms with Gasteiger partial charge in [0.2, 0.25) is 0 Å². The molecule has 0 spiro atoms. The molecular formula is C30H33ClF3NO2. The van der Waals surface area contributed by atoms with E-state index in [0.717, 1.165) is 29.9 Å². The summed E-state index contributed by atoms with van der Waals surface area (Å²) in [4.78, 5) is 14.4. The second kappa shape index (κ2) is 12.0. The lowest BCUT2D eigenvalue weighted by Crippen LogP contribution is -2.21. The summed E-state index contributed by atoms with van der Waals surface area (Å²) in [5.41, 5.74) is 2.76. The van der Waals surface area contributed by atoms with Gasteiger partial charge < -0.3 is 10.0 Å². The Bertz CT molecular complexity index is 1210. The van der Waals surface area contributed by atoms with Crippen molar-refractivity contribution >= 4 is 28.9 Å². The maximum absolute atomic E-state index is 13.2. The van der Waals surface area contributed by atoms with Gasteiger partial charge in [0.05, 0.1) is 11.5 Å². The quantitative estimate of drug-likeness (QED) is 0.283. The second-order valence-corrected chi connectivity index (χ2v) is 10.7. The monoisotopic (exact) mass is 531 g/mol. The molecule has 0 fully saturated rings. The van der Waals surface area contributed by atoms with E-state index in [9.17, 15) is 23.1 Å².